The molecule has 5 heterocycles. The summed E-state index contributed by atoms with van der Waals surface area (Å²) in [6.07, 6.45) is 5.36. The van der Waals surface area contributed by atoms with Crippen LogP contribution in [0.25, 0.3) is 21.8 Å². The van der Waals surface area contributed by atoms with E-state index in [4.69, 9.17) is 21.3 Å². The number of nitrogens with one attached hydrogen (secondary N) is 2. The molecule has 6 rings (SSSR count). The summed E-state index contributed by atoms with van der Waals surface area (Å²) < 4.78 is 5.69. The monoisotopic (exact) mass is 476 g/mol. The molecule has 3 atom stereocenters. The molecule has 2 fully saturated rings. The zero-order valence-electron chi connectivity index (χ0n) is 19.0. The van der Waals surface area contributed by atoms with Gasteiger partial charge in [-0.2, -0.15) is 0 Å². The Morgan fingerprint density at radius 1 is 1.24 bits per heavy atom. The molecule has 3 aromatic heterocycles. The summed E-state index contributed by atoms with van der Waals surface area (Å²) in [5.74, 6) is 0.650. The number of aryl methyl sites for hydroxylation is 1. The number of carbonyl (C=O) groups excluding carboxylic acids is 1. The van der Waals surface area contributed by atoms with E-state index in [1.54, 1.807) is 0 Å². The van der Waals surface area contributed by atoms with Gasteiger partial charge in [-0.05, 0) is 49.8 Å². The summed E-state index contributed by atoms with van der Waals surface area (Å²) in [5.41, 5.74) is 2.98. The summed E-state index contributed by atoms with van der Waals surface area (Å²) in [5, 5.41) is 6.53. The van der Waals surface area contributed by atoms with E-state index in [0.717, 1.165) is 46.3 Å². The lowest BCUT2D eigenvalue weighted by Crippen LogP contribution is -2.49. The molecule has 0 saturated carbocycles. The normalized spacial score (nSPS) is 20.7. The maximum absolute atomic E-state index is 13.8. The van der Waals surface area contributed by atoms with E-state index < -0.39 is 0 Å². The fourth-order valence-electron chi connectivity index (χ4n) is 5.25. The van der Waals surface area contributed by atoms with Crippen LogP contribution < -0.4 is 5.32 Å². The lowest BCUT2D eigenvalue weighted by atomic mass is 10.0. The fourth-order valence-corrected chi connectivity index (χ4v) is 5.52. The van der Waals surface area contributed by atoms with Crippen molar-refractivity contribution in [3.05, 3.63) is 58.8 Å². The summed E-state index contributed by atoms with van der Waals surface area (Å²) in [7, 11) is 0. The number of amides is 1. The Labute approximate surface area is 201 Å². The number of ether oxygens (including phenoxy) is 1. The lowest BCUT2D eigenvalue weighted by Gasteiger charge is -2.34. The van der Waals surface area contributed by atoms with Gasteiger partial charge in [-0.3, -0.25) is 4.79 Å². The van der Waals surface area contributed by atoms with Gasteiger partial charge in [-0.1, -0.05) is 23.7 Å². The predicted molar refractivity (Wildman–Crippen MR) is 131 cm³/mol. The molecule has 2 aliphatic heterocycles. The van der Waals surface area contributed by atoms with Crippen molar-refractivity contribution in [1.82, 2.24) is 24.8 Å². The minimum Gasteiger partial charge on any atom is -0.377 e. The average Bonchev–Trinajstić information content (AvgIpc) is 3.34. The van der Waals surface area contributed by atoms with Crippen molar-refractivity contribution in [2.45, 2.75) is 44.8 Å². The first-order chi connectivity index (χ1) is 16.5. The molecule has 1 aromatic carbocycles. The minimum absolute atomic E-state index is 0.0751. The van der Waals surface area contributed by atoms with Crippen LogP contribution in [0.1, 0.15) is 47.6 Å². The van der Waals surface area contributed by atoms with Gasteiger partial charge in [0.05, 0.1) is 47.4 Å². The van der Waals surface area contributed by atoms with Crippen LogP contribution in [0.2, 0.25) is 5.02 Å². The molecule has 2 unspecified atom stereocenters. The van der Waals surface area contributed by atoms with Crippen molar-refractivity contribution in [3.63, 3.8) is 0 Å². The van der Waals surface area contributed by atoms with Crippen molar-refractivity contribution in [2.24, 2.45) is 0 Å². The van der Waals surface area contributed by atoms with E-state index in [0.29, 0.717) is 29.3 Å². The van der Waals surface area contributed by atoms with E-state index in [9.17, 15) is 4.79 Å². The number of H-pyrrole nitrogens is 1. The Kier molecular flexibility index (Phi) is 5.15. The molecule has 2 saturated heterocycles. The Hall–Kier alpha value is -3.23. The largest absolute Gasteiger partial charge is 0.377 e. The molecule has 2 aliphatic rings. The van der Waals surface area contributed by atoms with Gasteiger partial charge in [0.1, 0.15) is 23.5 Å². The zero-order valence-corrected chi connectivity index (χ0v) is 19.8. The molecule has 0 spiro atoms. The van der Waals surface area contributed by atoms with E-state index in [-0.39, 0.29) is 24.0 Å². The third kappa shape index (κ3) is 3.40. The molecule has 1 amide bonds. The van der Waals surface area contributed by atoms with Crippen LogP contribution in [-0.2, 0) is 4.74 Å². The maximum atomic E-state index is 13.8. The van der Waals surface area contributed by atoms with Gasteiger partial charge in [0.2, 0.25) is 0 Å². The number of pyridine rings is 1. The molecular formula is C25H25ClN6O2. The van der Waals surface area contributed by atoms with Gasteiger partial charge in [0.25, 0.3) is 5.91 Å². The summed E-state index contributed by atoms with van der Waals surface area (Å²) in [6.45, 7) is 5.18. The number of aromatic amines is 1. The van der Waals surface area contributed by atoms with Crippen molar-refractivity contribution >= 4 is 45.1 Å². The van der Waals surface area contributed by atoms with Gasteiger partial charge in [-0.15, -0.1) is 0 Å². The second-order valence-electron chi connectivity index (χ2n) is 9.15. The fraction of sp³-hybridized carbons (Fsp3) is 0.360. The van der Waals surface area contributed by atoms with Gasteiger partial charge in [-0.25, -0.2) is 15.0 Å². The number of anilines is 1. The number of aromatic nitrogens is 4. The van der Waals surface area contributed by atoms with Gasteiger partial charge in [0.15, 0.2) is 0 Å². The van der Waals surface area contributed by atoms with E-state index >= 15 is 0 Å². The molecule has 2 bridgehead atoms. The highest BCUT2D eigenvalue weighted by Gasteiger charge is 2.41. The highest BCUT2D eigenvalue weighted by Crippen LogP contribution is 2.35. The minimum atomic E-state index is -0.205. The molecular weight excluding hydrogens is 452 g/mol. The molecule has 2 N–H and O–H groups in total. The molecule has 8 nitrogen and oxygen atoms in total. The zero-order chi connectivity index (χ0) is 23.4. The van der Waals surface area contributed by atoms with Crippen molar-refractivity contribution in [2.75, 3.05) is 18.5 Å². The Morgan fingerprint density at radius 3 is 2.82 bits per heavy atom. The summed E-state index contributed by atoms with van der Waals surface area (Å²) >= 11 is 6.59. The van der Waals surface area contributed by atoms with Gasteiger partial charge < -0.3 is 19.9 Å². The molecule has 34 heavy (non-hydrogen) atoms. The Balaban J connectivity index is 1.42. The van der Waals surface area contributed by atoms with Crippen molar-refractivity contribution in [3.8, 4) is 0 Å². The first kappa shape index (κ1) is 21.3. The lowest BCUT2D eigenvalue weighted by molar-refractivity contribution is -0.00736. The van der Waals surface area contributed by atoms with Gasteiger partial charge >= 0.3 is 0 Å². The number of hydrogen-bond donors (Lipinski definition) is 2. The SMILES string of the molecule is Cc1c[nH]c2ncnc(N[C@@H](C)c3cc4cccc(Cl)c4c(C(=O)N4C5CCC4COC5)n3)c12. The van der Waals surface area contributed by atoms with Crippen LogP contribution in [0.3, 0.4) is 0 Å². The highest BCUT2D eigenvalue weighted by atomic mass is 35.5. The molecule has 4 aromatic rings. The van der Waals surface area contributed by atoms with E-state index in [1.165, 1.54) is 6.33 Å². The van der Waals surface area contributed by atoms with Crippen LogP contribution in [-0.4, -0.2) is 56.0 Å². The van der Waals surface area contributed by atoms with Crippen LogP contribution >= 0.6 is 11.6 Å². The second kappa shape index (κ2) is 8.21. The third-order valence-electron chi connectivity index (χ3n) is 6.97. The predicted octanol–water partition coefficient (Wildman–Crippen LogP) is 4.64. The Morgan fingerprint density at radius 2 is 2.03 bits per heavy atom. The van der Waals surface area contributed by atoms with Crippen molar-refractivity contribution in [1.29, 1.82) is 0 Å². The number of carbonyl (C=O) groups is 1. The van der Waals surface area contributed by atoms with Crippen LogP contribution in [0.15, 0.2) is 36.8 Å². The number of fused-ring (bicyclic) bond motifs is 4. The summed E-state index contributed by atoms with van der Waals surface area (Å²) in [6, 6.07) is 7.66. The molecule has 0 aliphatic carbocycles. The third-order valence-corrected chi connectivity index (χ3v) is 7.28. The molecule has 174 valence electrons. The van der Waals surface area contributed by atoms with Crippen LogP contribution in [0.5, 0.6) is 0 Å². The highest BCUT2D eigenvalue weighted by molar-refractivity contribution is 6.36. The topological polar surface area (TPSA) is 96.0 Å². The number of hydrogen-bond acceptors (Lipinski definition) is 6. The van der Waals surface area contributed by atoms with E-state index in [1.807, 2.05) is 49.2 Å². The molecule has 9 heteroatoms. The maximum Gasteiger partial charge on any atom is 0.273 e. The first-order valence-corrected chi connectivity index (χ1v) is 11.9. The Bertz CT molecular complexity index is 1400. The summed E-state index contributed by atoms with van der Waals surface area (Å²) in [4.78, 5) is 32.6. The average molecular weight is 477 g/mol. The smallest absolute Gasteiger partial charge is 0.273 e. The second-order valence-corrected chi connectivity index (χ2v) is 9.56. The number of halogens is 1. The van der Waals surface area contributed by atoms with Crippen LogP contribution in [0.4, 0.5) is 5.82 Å². The van der Waals surface area contributed by atoms with Crippen LogP contribution in [0, 0.1) is 6.92 Å². The van der Waals surface area contributed by atoms with Crippen molar-refractivity contribution < 1.29 is 9.53 Å². The van der Waals surface area contributed by atoms with E-state index in [2.05, 4.69) is 20.3 Å². The molecule has 0 radical (unpaired) electrons. The van der Waals surface area contributed by atoms with Gasteiger partial charge in [0, 0.05) is 11.6 Å². The number of morpholine rings is 1. The quantitative estimate of drug-likeness (QED) is 0.445. The number of benzene rings is 1. The first-order valence-electron chi connectivity index (χ1n) is 11.6. The standard InChI is InChI=1S/C25H25ClN6O2/c1-13-9-27-23-20(13)24(29-12-28-23)30-14(2)19-8-15-4-3-5-18(26)21(15)22(31-19)25(33)32-16-6-7-17(32)11-34-10-16/h3-5,8-9,12,14,16-17H,6-7,10-11H2,1-2H3,(H2,27,28,29,30)/t14-,16?,17?/m0/s1. The number of rotatable bonds is 4. The number of nitrogens with zero attached hydrogens (tertiary/aromatic N) is 4.